The van der Waals surface area contributed by atoms with Gasteiger partial charge in [0.15, 0.2) is 5.65 Å². The Hall–Kier alpha value is -3.24. The average molecular weight is 514 g/mol. The molecule has 0 radical (unpaired) electrons. The highest BCUT2D eigenvalue weighted by atomic mass is 19.3. The molecule has 37 heavy (non-hydrogen) atoms. The lowest BCUT2D eigenvalue weighted by molar-refractivity contribution is 0.0443. The number of halogens is 3. The summed E-state index contributed by atoms with van der Waals surface area (Å²) >= 11 is 0. The van der Waals surface area contributed by atoms with Crippen LogP contribution >= 0.6 is 0 Å². The summed E-state index contributed by atoms with van der Waals surface area (Å²) < 4.78 is 42.5. The van der Waals surface area contributed by atoms with E-state index in [1.54, 1.807) is 23.6 Å². The van der Waals surface area contributed by atoms with Crippen LogP contribution in [-0.2, 0) is 0 Å². The van der Waals surface area contributed by atoms with Gasteiger partial charge in [-0.1, -0.05) is 24.3 Å². The van der Waals surface area contributed by atoms with Crippen LogP contribution < -0.4 is 5.32 Å². The van der Waals surface area contributed by atoms with E-state index in [0.29, 0.717) is 23.8 Å². The minimum Gasteiger partial charge on any atom is -0.392 e. The minimum atomic E-state index is -2.94. The zero-order chi connectivity index (χ0) is 26.1. The molecule has 7 nitrogen and oxygen atoms in total. The predicted octanol–water partition coefficient (Wildman–Crippen LogP) is 4.69. The first-order valence-electron chi connectivity index (χ1n) is 12.6. The lowest BCUT2D eigenvalue weighted by Gasteiger charge is -2.38. The van der Waals surface area contributed by atoms with E-state index in [9.17, 15) is 23.1 Å². The Bertz CT molecular complexity index is 1320. The molecule has 2 N–H and O–H groups in total. The summed E-state index contributed by atoms with van der Waals surface area (Å²) in [6, 6.07) is 5.11. The first-order chi connectivity index (χ1) is 17.8. The first kappa shape index (κ1) is 25.4. The van der Waals surface area contributed by atoms with Crippen LogP contribution in [0.1, 0.15) is 78.5 Å². The van der Waals surface area contributed by atoms with Crippen LogP contribution in [0, 0.1) is 5.82 Å². The quantitative estimate of drug-likeness (QED) is 0.500. The van der Waals surface area contributed by atoms with Crippen LogP contribution in [0.4, 0.5) is 13.2 Å². The van der Waals surface area contributed by atoms with Gasteiger partial charge in [0, 0.05) is 29.9 Å². The van der Waals surface area contributed by atoms with Crippen molar-refractivity contribution in [2.45, 2.75) is 63.6 Å². The highest BCUT2D eigenvalue weighted by Gasteiger charge is 2.28. The minimum absolute atomic E-state index is 0.000566. The number of fused-ring (bicyclic) bond motifs is 1. The molecule has 196 valence electrons. The zero-order valence-corrected chi connectivity index (χ0v) is 20.6. The number of carbonyl (C=O) groups excluding carboxylic acids is 1. The molecule has 3 heterocycles. The van der Waals surface area contributed by atoms with Crippen molar-refractivity contribution in [2.75, 3.05) is 13.1 Å². The number of rotatable bonds is 6. The molecule has 1 aliphatic carbocycles. The molecule has 10 heteroatoms. The zero-order valence-electron chi connectivity index (χ0n) is 20.6. The van der Waals surface area contributed by atoms with Crippen molar-refractivity contribution < 1.29 is 23.1 Å². The molecule has 3 atom stereocenters. The number of allylic oxidation sites excluding steroid dienone is 1. The number of aromatic nitrogens is 3. The Labute approximate surface area is 213 Å². The van der Waals surface area contributed by atoms with Crippen molar-refractivity contribution >= 4 is 17.1 Å². The van der Waals surface area contributed by atoms with Gasteiger partial charge >= 0.3 is 0 Å². The molecule has 1 aliphatic heterocycles. The summed E-state index contributed by atoms with van der Waals surface area (Å²) in [7, 11) is 0. The van der Waals surface area contributed by atoms with Gasteiger partial charge in [-0.3, -0.25) is 14.1 Å². The summed E-state index contributed by atoms with van der Waals surface area (Å²) in [4.78, 5) is 15.5. The maximum atomic E-state index is 14.6. The number of benzene rings is 1. The molecule has 3 aromatic rings. The van der Waals surface area contributed by atoms with Crippen LogP contribution in [0.3, 0.4) is 0 Å². The van der Waals surface area contributed by atoms with Gasteiger partial charge in [-0.15, -0.1) is 10.2 Å². The van der Waals surface area contributed by atoms with E-state index in [1.165, 1.54) is 18.5 Å². The van der Waals surface area contributed by atoms with Crippen LogP contribution in [0.15, 0.2) is 42.9 Å². The maximum absolute atomic E-state index is 14.6. The maximum Gasteiger partial charge on any atom is 0.266 e. The molecule has 1 saturated heterocycles. The number of pyridine rings is 1. The van der Waals surface area contributed by atoms with Crippen LogP contribution in [0.5, 0.6) is 0 Å². The smallest absolute Gasteiger partial charge is 0.266 e. The molecule has 2 aromatic heterocycles. The second kappa shape index (κ2) is 10.6. The van der Waals surface area contributed by atoms with Gasteiger partial charge in [-0.2, -0.15) is 0 Å². The molecule has 5 rings (SSSR count). The third-order valence-corrected chi connectivity index (χ3v) is 7.44. The normalized spacial score (nSPS) is 21.7. The number of amides is 1. The van der Waals surface area contributed by atoms with E-state index < -0.39 is 29.8 Å². The highest BCUT2D eigenvalue weighted by Crippen LogP contribution is 2.33. The number of hydrogen-bond acceptors (Lipinski definition) is 5. The van der Waals surface area contributed by atoms with E-state index in [0.717, 1.165) is 55.9 Å². The SMILES string of the molecule is C[C@@H](NC(=O)c1cc(C2=CCC(N3CCC[C@H](O)C3)CC2)c2nncn2c1)c1cccc(C(F)F)c1F. The largest absolute Gasteiger partial charge is 0.392 e. The lowest BCUT2D eigenvalue weighted by atomic mass is 9.89. The Morgan fingerprint density at radius 3 is 2.78 bits per heavy atom. The Morgan fingerprint density at radius 1 is 1.24 bits per heavy atom. The van der Waals surface area contributed by atoms with Gasteiger partial charge < -0.3 is 10.4 Å². The first-order valence-corrected chi connectivity index (χ1v) is 12.6. The van der Waals surface area contributed by atoms with Gasteiger partial charge in [0.1, 0.15) is 12.1 Å². The van der Waals surface area contributed by atoms with E-state index in [-0.39, 0.29) is 11.7 Å². The molecule has 1 unspecified atom stereocenters. The average Bonchev–Trinajstić information content (AvgIpc) is 3.37. The number of nitrogens with zero attached hydrogens (tertiary/aromatic N) is 4. The second-order valence-electron chi connectivity index (χ2n) is 9.90. The molecule has 0 saturated carbocycles. The fraction of sp³-hybridized carbons (Fsp3) is 0.444. The van der Waals surface area contributed by atoms with Gasteiger partial charge in [0.2, 0.25) is 0 Å². The number of likely N-dealkylation sites (tertiary alicyclic amines) is 1. The summed E-state index contributed by atoms with van der Waals surface area (Å²) in [6.07, 6.45) is 6.53. The molecular formula is C27H30F3N5O2. The fourth-order valence-corrected chi connectivity index (χ4v) is 5.44. The molecule has 2 aliphatic rings. The number of nitrogens with one attached hydrogen (secondary N) is 1. The Balaban J connectivity index is 1.37. The Kier molecular flexibility index (Phi) is 7.30. The summed E-state index contributed by atoms with van der Waals surface area (Å²) in [5.74, 6) is -1.47. The number of aliphatic hydroxyl groups excluding tert-OH is 1. The van der Waals surface area contributed by atoms with Crippen molar-refractivity contribution in [3.05, 3.63) is 70.9 Å². The van der Waals surface area contributed by atoms with Crippen molar-refractivity contribution in [2.24, 2.45) is 0 Å². The van der Waals surface area contributed by atoms with Gasteiger partial charge in [0.05, 0.1) is 23.3 Å². The van der Waals surface area contributed by atoms with Crippen LogP contribution in [0.25, 0.3) is 11.2 Å². The molecule has 1 fully saturated rings. The second-order valence-corrected chi connectivity index (χ2v) is 9.90. The van der Waals surface area contributed by atoms with E-state index in [2.05, 4.69) is 26.5 Å². The molecule has 0 bridgehead atoms. The van der Waals surface area contributed by atoms with Crippen molar-refractivity contribution in [1.82, 2.24) is 24.8 Å². The van der Waals surface area contributed by atoms with E-state index in [1.807, 2.05) is 0 Å². The van der Waals surface area contributed by atoms with Gasteiger partial charge in [0.25, 0.3) is 12.3 Å². The standard InChI is InChI=1S/C27H30F3N5O2/c1-16(21-5-2-6-22(24(21)28)25(29)30)32-27(37)18-12-23(26-33-31-15-35(26)13-18)17-7-9-19(10-8-17)34-11-3-4-20(36)14-34/h2,5-7,12-13,15-16,19-20,25,36H,3-4,8-11,14H2,1H3,(H,32,37)/t16-,19?,20+/m1/s1. The molecule has 0 spiro atoms. The number of carbonyl (C=O) groups is 1. The van der Waals surface area contributed by atoms with E-state index >= 15 is 0 Å². The number of β-amino-alcohol motifs (C(OH)–C–C–N with tert-alkyl or cyclic N) is 1. The molecule has 1 aromatic carbocycles. The number of aliphatic hydroxyl groups is 1. The summed E-state index contributed by atoms with van der Waals surface area (Å²) in [6.45, 7) is 3.26. The van der Waals surface area contributed by atoms with Crippen LogP contribution in [0.2, 0.25) is 0 Å². The number of piperidine rings is 1. The molecule has 1 amide bonds. The topological polar surface area (TPSA) is 82.8 Å². The van der Waals surface area contributed by atoms with Crippen LogP contribution in [-0.4, -0.2) is 55.7 Å². The third kappa shape index (κ3) is 5.26. The number of alkyl halides is 2. The number of hydrogen-bond donors (Lipinski definition) is 2. The lowest BCUT2D eigenvalue weighted by Crippen LogP contribution is -2.45. The third-order valence-electron chi connectivity index (χ3n) is 7.44. The van der Waals surface area contributed by atoms with Crippen molar-refractivity contribution in [1.29, 1.82) is 0 Å². The van der Waals surface area contributed by atoms with Crippen molar-refractivity contribution in [3.63, 3.8) is 0 Å². The van der Waals surface area contributed by atoms with Gasteiger partial charge in [-0.05, 0) is 57.2 Å². The summed E-state index contributed by atoms with van der Waals surface area (Å²) in [5.41, 5.74) is 2.17. The highest BCUT2D eigenvalue weighted by molar-refractivity contribution is 5.96. The van der Waals surface area contributed by atoms with Crippen molar-refractivity contribution in [3.8, 4) is 0 Å². The molecular weight excluding hydrogens is 483 g/mol. The predicted molar refractivity (Wildman–Crippen MR) is 133 cm³/mol. The fourth-order valence-electron chi connectivity index (χ4n) is 5.44. The monoisotopic (exact) mass is 513 g/mol. The van der Waals surface area contributed by atoms with Gasteiger partial charge in [-0.25, -0.2) is 13.2 Å². The summed E-state index contributed by atoms with van der Waals surface area (Å²) in [5, 5.41) is 21.0. The van der Waals surface area contributed by atoms with E-state index in [4.69, 9.17) is 0 Å². The Morgan fingerprint density at radius 2 is 2.05 bits per heavy atom.